The number of amides is 1. The van der Waals surface area contributed by atoms with Crippen LogP contribution in [0.1, 0.15) is 34.8 Å². The van der Waals surface area contributed by atoms with Crippen molar-refractivity contribution in [2.24, 2.45) is 0 Å². The van der Waals surface area contributed by atoms with Crippen molar-refractivity contribution in [2.75, 3.05) is 0 Å². The molecular weight excluding hydrogens is 238 g/mol. The van der Waals surface area contributed by atoms with Gasteiger partial charge in [-0.25, -0.2) is 4.79 Å². The molecule has 1 aromatic heterocycles. The summed E-state index contributed by atoms with van der Waals surface area (Å²) in [5.41, 5.74) is 0. The second-order valence-corrected chi connectivity index (χ2v) is 4.77. The Morgan fingerprint density at radius 2 is 2.24 bits per heavy atom. The van der Waals surface area contributed by atoms with E-state index in [1.54, 1.807) is 12.1 Å². The van der Waals surface area contributed by atoms with Gasteiger partial charge in [-0.15, -0.1) is 11.3 Å². The van der Waals surface area contributed by atoms with Crippen molar-refractivity contribution < 1.29 is 14.7 Å². The fraction of sp³-hybridized carbons (Fsp3) is 0.333. The van der Waals surface area contributed by atoms with Crippen LogP contribution in [0.4, 0.5) is 0 Å². The molecule has 92 valence electrons. The number of hydrogen-bond acceptors (Lipinski definition) is 3. The second kappa shape index (κ2) is 6.20. The third kappa shape index (κ3) is 4.40. The largest absolute Gasteiger partial charge is 0.478 e. The zero-order valence-electron chi connectivity index (χ0n) is 9.77. The normalized spacial score (nSPS) is 12.6. The van der Waals surface area contributed by atoms with E-state index in [9.17, 15) is 9.59 Å². The molecule has 4 nitrogen and oxygen atoms in total. The fourth-order valence-corrected chi connectivity index (χ4v) is 1.93. The summed E-state index contributed by atoms with van der Waals surface area (Å²) >= 11 is 1.27. The van der Waals surface area contributed by atoms with Crippen molar-refractivity contribution in [3.05, 3.63) is 28.0 Å². The lowest BCUT2D eigenvalue weighted by molar-refractivity contribution is -0.131. The number of aliphatic carboxylic acids is 1. The fourth-order valence-electron chi connectivity index (χ4n) is 1.11. The van der Waals surface area contributed by atoms with E-state index in [1.165, 1.54) is 17.4 Å². The maximum absolute atomic E-state index is 11.7. The van der Waals surface area contributed by atoms with Crippen LogP contribution in [0.15, 0.2) is 18.2 Å². The number of carbonyl (C=O) groups is 2. The first-order chi connectivity index (χ1) is 8.02. The van der Waals surface area contributed by atoms with Crippen molar-refractivity contribution >= 4 is 29.3 Å². The summed E-state index contributed by atoms with van der Waals surface area (Å²) in [6.45, 7) is 3.94. The molecule has 1 atom stereocenters. The lowest BCUT2D eigenvalue weighted by Gasteiger charge is -2.09. The summed E-state index contributed by atoms with van der Waals surface area (Å²) < 4.78 is 0. The van der Waals surface area contributed by atoms with Gasteiger partial charge in [-0.3, -0.25) is 4.79 Å². The smallest absolute Gasteiger partial charge is 0.328 e. The Kier molecular flexibility index (Phi) is 4.90. The molecule has 0 radical (unpaired) electrons. The molecule has 0 aliphatic rings. The van der Waals surface area contributed by atoms with E-state index in [0.29, 0.717) is 4.88 Å². The van der Waals surface area contributed by atoms with E-state index < -0.39 is 5.97 Å². The van der Waals surface area contributed by atoms with Gasteiger partial charge in [0.05, 0.1) is 4.88 Å². The summed E-state index contributed by atoms with van der Waals surface area (Å²) in [5, 5.41) is 11.3. The third-order valence-corrected chi connectivity index (χ3v) is 3.28. The minimum atomic E-state index is -0.996. The molecule has 1 heterocycles. The lowest BCUT2D eigenvalue weighted by Crippen LogP contribution is -2.31. The molecule has 0 aliphatic heterocycles. The molecule has 0 saturated carbocycles. The van der Waals surface area contributed by atoms with E-state index in [-0.39, 0.29) is 11.9 Å². The summed E-state index contributed by atoms with van der Waals surface area (Å²) in [5.74, 6) is -1.11. The highest BCUT2D eigenvalue weighted by Gasteiger charge is 2.10. The van der Waals surface area contributed by atoms with E-state index >= 15 is 0 Å². The van der Waals surface area contributed by atoms with Crippen LogP contribution in [0, 0.1) is 0 Å². The van der Waals surface area contributed by atoms with Crippen LogP contribution >= 0.6 is 11.3 Å². The van der Waals surface area contributed by atoms with Gasteiger partial charge in [0.2, 0.25) is 0 Å². The predicted octanol–water partition coefficient (Wildman–Crippen LogP) is 2.37. The van der Waals surface area contributed by atoms with Crippen molar-refractivity contribution in [3.8, 4) is 0 Å². The van der Waals surface area contributed by atoms with E-state index in [4.69, 9.17) is 5.11 Å². The van der Waals surface area contributed by atoms with E-state index in [0.717, 1.165) is 17.4 Å². The highest BCUT2D eigenvalue weighted by atomic mass is 32.1. The molecule has 5 heteroatoms. The van der Waals surface area contributed by atoms with E-state index in [1.807, 2.05) is 13.8 Å². The van der Waals surface area contributed by atoms with Crippen molar-refractivity contribution in [3.63, 3.8) is 0 Å². The summed E-state index contributed by atoms with van der Waals surface area (Å²) in [6.07, 6.45) is 3.41. The first-order valence-electron chi connectivity index (χ1n) is 5.34. The van der Waals surface area contributed by atoms with Gasteiger partial charge >= 0.3 is 5.97 Å². The van der Waals surface area contributed by atoms with Crippen LogP contribution in [0.25, 0.3) is 6.08 Å². The number of hydrogen-bond donors (Lipinski definition) is 2. The lowest BCUT2D eigenvalue weighted by atomic mass is 10.2. The van der Waals surface area contributed by atoms with Gasteiger partial charge in [-0.05, 0) is 31.6 Å². The third-order valence-electron chi connectivity index (χ3n) is 2.23. The molecule has 0 aromatic carbocycles. The molecular formula is C12H15NO3S. The second-order valence-electron chi connectivity index (χ2n) is 3.66. The van der Waals surface area contributed by atoms with Gasteiger partial charge in [-0.2, -0.15) is 0 Å². The number of nitrogens with one attached hydrogen (secondary N) is 1. The van der Waals surface area contributed by atoms with Crippen molar-refractivity contribution in [1.29, 1.82) is 0 Å². The molecule has 1 aromatic rings. The van der Waals surface area contributed by atoms with Crippen LogP contribution in [-0.4, -0.2) is 23.0 Å². The Bertz CT molecular complexity index is 437. The maximum Gasteiger partial charge on any atom is 0.328 e. The minimum Gasteiger partial charge on any atom is -0.478 e. The zero-order valence-corrected chi connectivity index (χ0v) is 10.6. The molecule has 0 saturated heterocycles. The van der Waals surface area contributed by atoms with Crippen LogP contribution < -0.4 is 5.32 Å². The van der Waals surface area contributed by atoms with Gasteiger partial charge in [-0.1, -0.05) is 6.92 Å². The number of carboxylic acid groups (broad SMARTS) is 1. The zero-order chi connectivity index (χ0) is 12.8. The van der Waals surface area contributed by atoms with Crippen molar-refractivity contribution in [2.45, 2.75) is 26.3 Å². The molecule has 0 spiro atoms. The Hall–Kier alpha value is -1.62. The average molecular weight is 253 g/mol. The minimum absolute atomic E-state index is 0.112. The molecule has 0 bridgehead atoms. The summed E-state index contributed by atoms with van der Waals surface area (Å²) in [4.78, 5) is 23.4. The first kappa shape index (κ1) is 13.4. The molecule has 17 heavy (non-hydrogen) atoms. The molecule has 2 N–H and O–H groups in total. The van der Waals surface area contributed by atoms with Crippen LogP contribution in [0.5, 0.6) is 0 Å². The Morgan fingerprint density at radius 1 is 1.53 bits per heavy atom. The monoisotopic (exact) mass is 253 g/mol. The van der Waals surface area contributed by atoms with Crippen LogP contribution in [0.3, 0.4) is 0 Å². The molecule has 0 aliphatic carbocycles. The quantitative estimate of drug-likeness (QED) is 0.792. The predicted molar refractivity (Wildman–Crippen MR) is 68.2 cm³/mol. The van der Waals surface area contributed by atoms with Gasteiger partial charge in [0.1, 0.15) is 0 Å². The maximum atomic E-state index is 11.7. The van der Waals surface area contributed by atoms with Gasteiger partial charge in [0.25, 0.3) is 5.91 Å². The Balaban J connectivity index is 2.67. The van der Waals surface area contributed by atoms with Gasteiger partial charge in [0.15, 0.2) is 0 Å². The van der Waals surface area contributed by atoms with Crippen LogP contribution in [-0.2, 0) is 4.79 Å². The summed E-state index contributed by atoms with van der Waals surface area (Å²) in [7, 11) is 0. The highest BCUT2D eigenvalue weighted by Crippen LogP contribution is 2.18. The van der Waals surface area contributed by atoms with Gasteiger partial charge in [0, 0.05) is 17.0 Å². The molecule has 1 amide bonds. The Labute approximate surface area is 104 Å². The molecule has 1 unspecified atom stereocenters. The number of rotatable bonds is 5. The standard InChI is InChI=1S/C12H15NO3S/c1-3-8(2)13-12(16)10-6-4-9(17-10)5-7-11(14)15/h4-8H,3H2,1-2H3,(H,13,16)(H,14,15)/b7-5+. The van der Waals surface area contributed by atoms with Crippen molar-refractivity contribution in [1.82, 2.24) is 5.32 Å². The Morgan fingerprint density at radius 3 is 2.82 bits per heavy atom. The summed E-state index contributed by atoms with van der Waals surface area (Å²) in [6, 6.07) is 3.57. The number of thiophene rings is 1. The molecule has 0 fully saturated rings. The van der Waals surface area contributed by atoms with E-state index in [2.05, 4.69) is 5.32 Å². The SMILES string of the molecule is CCC(C)NC(=O)c1ccc(/C=C/C(=O)O)s1. The first-order valence-corrected chi connectivity index (χ1v) is 6.16. The number of carboxylic acids is 1. The number of carbonyl (C=O) groups excluding carboxylic acids is 1. The van der Waals surface area contributed by atoms with Crippen LogP contribution in [0.2, 0.25) is 0 Å². The average Bonchev–Trinajstić information content (AvgIpc) is 2.74. The molecule has 1 rings (SSSR count). The van der Waals surface area contributed by atoms with Gasteiger partial charge < -0.3 is 10.4 Å². The topological polar surface area (TPSA) is 66.4 Å². The highest BCUT2D eigenvalue weighted by molar-refractivity contribution is 7.14.